The number of anilines is 1. The van der Waals surface area contributed by atoms with E-state index in [9.17, 15) is 9.59 Å². The fraction of sp³-hybridized carbons (Fsp3) is 0.281. The fourth-order valence-electron chi connectivity index (χ4n) is 6.27. The highest BCUT2D eigenvalue weighted by molar-refractivity contribution is 6.35. The van der Waals surface area contributed by atoms with Gasteiger partial charge in [-0.2, -0.15) is 10.1 Å². The van der Waals surface area contributed by atoms with E-state index in [0.717, 1.165) is 57.1 Å². The Bertz CT molecular complexity index is 1960. The summed E-state index contributed by atoms with van der Waals surface area (Å²) in [6.07, 6.45) is 8.88. The van der Waals surface area contributed by atoms with E-state index in [1.54, 1.807) is 15.7 Å². The third-order valence-corrected chi connectivity index (χ3v) is 8.85. The number of H-pyrrole nitrogens is 1. The highest BCUT2D eigenvalue weighted by atomic mass is 35.5. The van der Waals surface area contributed by atoms with Gasteiger partial charge in [-0.1, -0.05) is 24.2 Å². The molecule has 1 N–H and O–H groups in total. The van der Waals surface area contributed by atoms with E-state index < -0.39 is 0 Å². The van der Waals surface area contributed by atoms with E-state index in [4.69, 9.17) is 11.6 Å². The lowest BCUT2D eigenvalue weighted by Crippen LogP contribution is -2.54. The van der Waals surface area contributed by atoms with Crippen molar-refractivity contribution in [2.24, 2.45) is 0 Å². The van der Waals surface area contributed by atoms with Crippen LogP contribution in [-0.4, -0.2) is 61.2 Å². The molecule has 7 rings (SSSR count). The Morgan fingerprint density at radius 2 is 1.98 bits per heavy atom. The standard InChI is InChI=1S/C32H30ClN7O2/c1-4-29(41)38-11-12-39(19(3)17-38)31-22-13-25(33)21(30-18(2)5-8-26-24(30)16-35-37-26)14-28(22)40(32(42)36-31)27-9-10-34-15-23(27)20-6-7-20/h4-5,8-10,13-16,19-20H,1,6-7,11-12,17H2,2-3H3,(H,35,37)/t19-/m0/s1. The van der Waals surface area contributed by atoms with Gasteiger partial charge < -0.3 is 9.80 Å². The number of rotatable bonds is 5. The van der Waals surface area contributed by atoms with Gasteiger partial charge >= 0.3 is 5.69 Å². The minimum Gasteiger partial charge on any atom is -0.350 e. The van der Waals surface area contributed by atoms with Crippen molar-refractivity contribution in [1.29, 1.82) is 0 Å². The van der Waals surface area contributed by atoms with Crippen LogP contribution >= 0.6 is 11.6 Å². The molecular formula is C32H30ClN7O2. The van der Waals surface area contributed by atoms with Gasteiger partial charge in [0.05, 0.1) is 22.9 Å². The predicted octanol–water partition coefficient (Wildman–Crippen LogP) is 5.39. The smallest absolute Gasteiger partial charge is 0.350 e. The number of benzene rings is 2. The number of halogens is 1. The number of carbonyl (C=O) groups is 1. The van der Waals surface area contributed by atoms with Crippen LogP contribution in [0.5, 0.6) is 0 Å². The van der Waals surface area contributed by atoms with Crippen molar-refractivity contribution in [3.63, 3.8) is 0 Å². The number of pyridine rings is 1. The van der Waals surface area contributed by atoms with E-state index in [0.29, 0.717) is 41.9 Å². The van der Waals surface area contributed by atoms with Crippen LogP contribution in [0.1, 0.15) is 36.8 Å². The molecule has 1 aliphatic heterocycles. The maximum atomic E-state index is 14.1. The highest BCUT2D eigenvalue weighted by Gasteiger charge is 2.31. The van der Waals surface area contributed by atoms with Crippen molar-refractivity contribution in [1.82, 2.24) is 29.6 Å². The average molecular weight is 580 g/mol. The number of aromatic amines is 1. The third kappa shape index (κ3) is 4.27. The normalized spacial score (nSPS) is 17.3. The first-order valence-corrected chi connectivity index (χ1v) is 14.5. The van der Waals surface area contributed by atoms with Crippen molar-refractivity contribution in [2.45, 2.75) is 38.6 Å². The Balaban J connectivity index is 1.49. The lowest BCUT2D eigenvalue weighted by molar-refractivity contribution is -0.126. The molecular weight excluding hydrogens is 550 g/mol. The average Bonchev–Trinajstić information content (AvgIpc) is 3.73. The third-order valence-electron chi connectivity index (χ3n) is 8.53. The summed E-state index contributed by atoms with van der Waals surface area (Å²) < 4.78 is 1.71. The number of amides is 1. The van der Waals surface area contributed by atoms with Crippen LogP contribution in [0.2, 0.25) is 5.02 Å². The van der Waals surface area contributed by atoms with Crippen LogP contribution in [0.3, 0.4) is 0 Å². The van der Waals surface area contributed by atoms with Gasteiger partial charge in [-0.15, -0.1) is 0 Å². The number of aryl methyl sites for hydroxylation is 1. The van der Waals surface area contributed by atoms with E-state index in [1.807, 2.05) is 56.6 Å². The molecule has 1 amide bonds. The van der Waals surface area contributed by atoms with Crippen LogP contribution in [0.15, 0.2) is 66.4 Å². The van der Waals surface area contributed by atoms with Gasteiger partial charge in [-0.05, 0) is 79.6 Å². The number of nitrogens with one attached hydrogen (secondary N) is 1. The molecule has 9 nitrogen and oxygen atoms in total. The number of piperazine rings is 1. The van der Waals surface area contributed by atoms with E-state index in [2.05, 4.69) is 31.6 Å². The maximum Gasteiger partial charge on any atom is 0.354 e. The molecule has 2 aliphatic rings. The number of carbonyl (C=O) groups excluding carboxylic acids is 1. The Labute approximate surface area is 247 Å². The maximum absolute atomic E-state index is 14.1. The summed E-state index contributed by atoms with van der Waals surface area (Å²) in [5.74, 6) is 0.842. The second-order valence-electron chi connectivity index (χ2n) is 11.2. The summed E-state index contributed by atoms with van der Waals surface area (Å²) in [5.41, 5.74) is 5.93. The molecule has 3 aromatic heterocycles. The first kappa shape index (κ1) is 26.4. The topological polar surface area (TPSA) is 100 Å². The Kier molecular flexibility index (Phi) is 6.35. The first-order chi connectivity index (χ1) is 20.4. The molecule has 4 heterocycles. The largest absolute Gasteiger partial charge is 0.354 e. The molecule has 0 spiro atoms. The molecule has 212 valence electrons. The van der Waals surface area contributed by atoms with E-state index in [-0.39, 0.29) is 17.6 Å². The first-order valence-electron chi connectivity index (χ1n) is 14.2. The summed E-state index contributed by atoms with van der Waals surface area (Å²) >= 11 is 7.10. The minimum absolute atomic E-state index is 0.0723. The van der Waals surface area contributed by atoms with Gasteiger partial charge in [-0.25, -0.2) is 4.79 Å². The molecule has 5 aromatic rings. The lowest BCUT2D eigenvalue weighted by Gasteiger charge is -2.40. The molecule has 0 bridgehead atoms. The van der Waals surface area contributed by atoms with Crippen LogP contribution in [0.4, 0.5) is 5.82 Å². The molecule has 1 saturated carbocycles. The van der Waals surface area contributed by atoms with Gasteiger partial charge in [0.2, 0.25) is 5.91 Å². The van der Waals surface area contributed by atoms with E-state index in [1.165, 1.54) is 6.08 Å². The van der Waals surface area contributed by atoms with Gasteiger partial charge in [0, 0.05) is 59.4 Å². The summed E-state index contributed by atoms with van der Waals surface area (Å²) in [7, 11) is 0. The van der Waals surface area contributed by atoms with Crippen LogP contribution < -0.4 is 10.6 Å². The molecule has 0 unspecified atom stereocenters. The van der Waals surface area contributed by atoms with Crippen molar-refractivity contribution < 1.29 is 4.79 Å². The van der Waals surface area contributed by atoms with Crippen LogP contribution in [0, 0.1) is 6.92 Å². The Hall–Kier alpha value is -4.50. The van der Waals surface area contributed by atoms with Crippen molar-refractivity contribution in [3.8, 4) is 16.8 Å². The van der Waals surface area contributed by atoms with Crippen LogP contribution in [-0.2, 0) is 4.79 Å². The van der Waals surface area contributed by atoms with Gasteiger partial charge in [0.25, 0.3) is 0 Å². The quantitative estimate of drug-likeness (QED) is 0.280. The molecule has 42 heavy (non-hydrogen) atoms. The zero-order valence-corrected chi connectivity index (χ0v) is 24.2. The zero-order chi connectivity index (χ0) is 29.1. The second kappa shape index (κ2) is 10.1. The molecule has 1 saturated heterocycles. The summed E-state index contributed by atoms with van der Waals surface area (Å²) in [4.78, 5) is 39.3. The zero-order valence-electron chi connectivity index (χ0n) is 23.5. The fourth-order valence-corrected chi connectivity index (χ4v) is 6.53. The van der Waals surface area contributed by atoms with E-state index >= 15 is 0 Å². The van der Waals surface area contributed by atoms with Gasteiger partial charge in [0.1, 0.15) is 5.82 Å². The predicted molar refractivity (Wildman–Crippen MR) is 166 cm³/mol. The van der Waals surface area contributed by atoms with Crippen LogP contribution in [0.25, 0.3) is 38.6 Å². The Morgan fingerprint density at radius 1 is 1.14 bits per heavy atom. The Morgan fingerprint density at radius 3 is 2.74 bits per heavy atom. The van der Waals surface area contributed by atoms with Crippen molar-refractivity contribution >= 4 is 45.1 Å². The minimum atomic E-state index is -0.367. The number of aromatic nitrogens is 5. The molecule has 1 aliphatic carbocycles. The number of hydrogen-bond acceptors (Lipinski definition) is 6. The molecule has 1 atom stereocenters. The van der Waals surface area contributed by atoms with Crippen molar-refractivity contribution in [3.05, 3.63) is 88.2 Å². The molecule has 2 fully saturated rings. The van der Waals surface area contributed by atoms with Gasteiger partial charge in [0.15, 0.2) is 0 Å². The lowest BCUT2D eigenvalue weighted by atomic mass is 9.95. The number of fused-ring (bicyclic) bond motifs is 2. The number of hydrogen-bond donors (Lipinski definition) is 1. The SMILES string of the molecule is C=CC(=O)N1CCN(c2nc(=O)n(-c3ccncc3C3CC3)c3cc(-c4c(C)ccc5[nH]ncc45)c(Cl)cc23)[C@@H](C)C1. The molecule has 2 aromatic carbocycles. The summed E-state index contributed by atoms with van der Waals surface area (Å²) in [6, 6.07) is 9.81. The van der Waals surface area contributed by atoms with Crippen molar-refractivity contribution in [2.75, 3.05) is 24.5 Å². The monoisotopic (exact) mass is 579 g/mol. The summed E-state index contributed by atoms with van der Waals surface area (Å²) in [6.45, 7) is 9.25. The second-order valence-corrected chi connectivity index (χ2v) is 11.6. The van der Waals surface area contributed by atoms with Gasteiger partial charge in [-0.3, -0.25) is 19.4 Å². The highest BCUT2D eigenvalue weighted by Crippen LogP contribution is 2.44. The molecule has 0 radical (unpaired) electrons. The summed E-state index contributed by atoms with van der Waals surface area (Å²) in [5, 5.41) is 9.60. The molecule has 10 heteroatoms. The number of nitrogens with zero attached hydrogens (tertiary/aromatic N) is 6.